The first-order valence-corrected chi connectivity index (χ1v) is 9.04. The molecular weight excluding hydrogens is 180 g/mol. The minimum Gasteiger partial charge on any atom is -0.233 e. The summed E-state index contributed by atoms with van der Waals surface area (Å²) in [6.45, 7) is 9.33. The van der Waals surface area contributed by atoms with Crippen molar-refractivity contribution in [1.29, 1.82) is 0 Å². The lowest BCUT2D eigenvalue weighted by Crippen LogP contribution is -2.26. The molecular formula is C10H22O2Si. The van der Waals surface area contributed by atoms with Crippen LogP contribution in [0, 0.1) is 0 Å². The van der Waals surface area contributed by atoms with Gasteiger partial charge in [0.15, 0.2) is 0 Å². The van der Waals surface area contributed by atoms with Crippen molar-refractivity contribution >= 4 is 8.07 Å². The molecule has 0 unspecified atom stereocenters. The van der Waals surface area contributed by atoms with Crippen LogP contribution in [0.5, 0.6) is 0 Å². The summed E-state index contributed by atoms with van der Waals surface area (Å²) in [6.07, 6.45) is 4.18. The first-order valence-electron chi connectivity index (χ1n) is 5.33. The van der Waals surface area contributed by atoms with Crippen molar-refractivity contribution in [3.63, 3.8) is 0 Å². The number of hydrogen-bond acceptors (Lipinski definition) is 2. The van der Waals surface area contributed by atoms with E-state index in [9.17, 15) is 0 Å². The molecule has 0 spiro atoms. The summed E-state index contributed by atoms with van der Waals surface area (Å²) in [6, 6.07) is 1.23. The van der Waals surface area contributed by atoms with Gasteiger partial charge in [-0.1, -0.05) is 33.0 Å². The molecule has 13 heavy (non-hydrogen) atoms. The highest BCUT2D eigenvalue weighted by molar-refractivity contribution is 6.76. The van der Waals surface area contributed by atoms with Crippen molar-refractivity contribution in [3.05, 3.63) is 0 Å². The van der Waals surface area contributed by atoms with Crippen LogP contribution in [0.15, 0.2) is 0 Å². The Labute approximate surface area is 82.6 Å². The molecule has 1 aliphatic rings. The predicted molar refractivity (Wildman–Crippen MR) is 57.4 cm³/mol. The molecule has 0 radical (unpaired) electrons. The Morgan fingerprint density at radius 3 is 2.31 bits per heavy atom. The van der Waals surface area contributed by atoms with Crippen LogP contribution < -0.4 is 0 Å². The van der Waals surface area contributed by atoms with Gasteiger partial charge in [-0.05, 0) is 12.5 Å². The second-order valence-corrected chi connectivity index (χ2v) is 10.8. The Morgan fingerprint density at radius 2 is 1.77 bits per heavy atom. The van der Waals surface area contributed by atoms with Gasteiger partial charge in [0.25, 0.3) is 0 Å². The van der Waals surface area contributed by atoms with E-state index in [2.05, 4.69) is 26.6 Å². The van der Waals surface area contributed by atoms with E-state index >= 15 is 0 Å². The topological polar surface area (TPSA) is 18.5 Å². The van der Waals surface area contributed by atoms with Crippen molar-refractivity contribution < 1.29 is 9.78 Å². The molecule has 1 saturated heterocycles. The lowest BCUT2D eigenvalue weighted by Gasteiger charge is -2.18. The maximum Gasteiger partial charge on any atom is 0.0955 e. The van der Waals surface area contributed by atoms with Gasteiger partial charge in [0, 0.05) is 14.5 Å². The zero-order chi connectivity index (χ0) is 9.90. The fourth-order valence-electron chi connectivity index (χ4n) is 1.82. The molecule has 78 valence electrons. The van der Waals surface area contributed by atoms with E-state index in [0.29, 0.717) is 12.2 Å². The standard InChI is InChI=1S/C10H22O2Si/c1-5-6-9-7-10(12-11-9)8-13(2,3)4/h9-10H,5-8H2,1-4H3/t9-,10-/m0/s1. The van der Waals surface area contributed by atoms with E-state index in [0.717, 1.165) is 12.8 Å². The quantitative estimate of drug-likeness (QED) is 0.515. The minimum atomic E-state index is -0.980. The zero-order valence-electron chi connectivity index (χ0n) is 9.30. The predicted octanol–water partition coefficient (Wildman–Crippen LogP) is 3.21. The first-order chi connectivity index (χ1) is 6.01. The van der Waals surface area contributed by atoms with Crippen molar-refractivity contribution in [2.75, 3.05) is 0 Å². The molecule has 0 saturated carbocycles. The molecule has 1 fully saturated rings. The summed E-state index contributed by atoms with van der Waals surface area (Å²) >= 11 is 0. The van der Waals surface area contributed by atoms with Gasteiger partial charge >= 0.3 is 0 Å². The molecule has 0 bridgehead atoms. The van der Waals surface area contributed by atoms with E-state index in [1.807, 2.05) is 0 Å². The van der Waals surface area contributed by atoms with Crippen LogP contribution in [0.3, 0.4) is 0 Å². The molecule has 0 amide bonds. The largest absolute Gasteiger partial charge is 0.233 e. The van der Waals surface area contributed by atoms with E-state index < -0.39 is 8.07 Å². The molecule has 2 nitrogen and oxygen atoms in total. The molecule has 1 heterocycles. The number of hydrogen-bond donors (Lipinski definition) is 0. The van der Waals surface area contributed by atoms with Crippen molar-refractivity contribution in [1.82, 2.24) is 0 Å². The molecule has 0 aliphatic carbocycles. The average molecular weight is 202 g/mol. The Hall–Kier alpha value is 0.137. The second kappa shape index (κ2) is 4.58. The van der Waals surface area contributed by atoms with E-state index in [-0.39, 0.29) is 0 Å². The van der Waals surface area contributed by atoms with Crippen molar-refractivity contribution in [2.45, 2.75) is 64.1 Å². The maximum atomic E-state index is 5.33. The van der Waals surface area contributed by atoms with Gasteiger partial charge < -0.3 is 0 Å². The molecule has 0 N–H and O–H groups in total. The highest BCUT2D eigenvalue weighted by atomic mass is 28.3. The zero-order valence-corrected chi connectivity index (χ0v) is 10.3. The Balaban J connectivity index is 2.25. The molecule has 0 aromatic heterocycles. The summed E-state index contributed by atoms with van der Waals surface area (Å²) in [5.41, 5.74) is 0. The molecule has 1 aliphatic heterocycles. The lowest BCUT2D eigenvalue weighted by atomic mass is 10.1. The fourth-order valence-corrected chi connectivity index (χ4v) is 3.42. The Morgan fingerprint density at radius 1 is 1.15 bits per heavy atom. The van der Waals surface area contributed by atoms with Crippen LogP contribution in [-0.2, 0) is 9.78 Å². The van der Waals surface area contributed by atoms with Crippen molar-refractivity contribution in [3.8, 4) is 0 Å². The van der Waals surface area contributed by atoms with Gasteiger partial charge in [-0.15, -0.1) is 0 Å². The van der Waals surface area contributed by atoms with Crippen LogP contribution in [0.25, 0.3) is 0 Å². The number of rotatable bonds is 4. The SMILES string of the molecule is CCC[C@H]1C[C@@H](C[Si](C)(C)C)OO1. The maximum absolute atomic E-state index is 5.33. The fraction of sp³-hybridized carbons (Fsp3) is 1.00. The van der Waals surface area contributed by atoms with Crippen LogP contribution >= 0.6 is 0 Å². The summed E-state index contributed by atoms with van der Waals surface area (Å²) in [5, 5.41) is 0. The van der Waals surface area contributed by atoms with E-state index in [4.69, 9.17) is 9.78 Å². The van der Waals surface area contributed by atoms with Gasteiger partial charge in [0.05, 0.1) is 12.2 Å². The summed E-state index contributed by atoms with van der Waals surface area (Å²) in [5.74, 6) is 0. The van der Waals surface area contributed by atoms with E-state index in [1.165, 1.54) is 12.5 Å². The van der Waals surface area contributed by atoms with Crippen LogP contribution in [-0.4, -0.2) is 20.3 Å². The lowest BCUT2D eigenvalue weighted by molar-refractivity contribution is -0.294. The smallest absolute Gasteiger partial charge is 0.0955 e. The summed E-state index contributed by atoms with van der Waals surface area (Å²) < 4.78 is 0. The monoisotopic (exact) mass is 202 g/mol. The third kappa shape index (κ3) is 4.25. The molecule has 0 aromatic carbocycles. The highest BCUT2D eigenvalue weighted by Crippen LogP contribution is 2.26. The molecule has 1 rings (SSSR count). The van der Waals surface area contributed by atoms with Gasteiger partial charge in [0.2, 0.25) is 0 Å². The van der Waals surface area contributed by atoms with Crippen molar-refractivity contribution in [2.24, 2.45) is 0 Å². The second-order valence-electron chi connectivity index (χ2n) is 5.23. The summed E-state index contributed by atoms with van der Waals surface area (Å²) in [7, 11) is -0.980. The normalized spacial score (nSPS) is 29.5. The highest BCUT2D eigenvalue weighted by Gasteiger charge is 2.30. The van der Waals surface area contributed by atoms with Gasteiger partial charge in [-0.25, -0.2) is 9.78 Å². The van der Waals surface area contributed by atoms with Gasteiger partial charge in [-0.3, -0.25) is 0 Å². The molecule has 0 aromatic rings. The van der Waals surface area contributed by atoms with Crippen LogP contribution in [0.4, 0.5) is 0 Å². The first kappa shape index (κ1) is 11.2. The van der Waals surface area contributed by atoms with E-state index in [1.54, 1.807) is 0 Å². The minimum absolute atomic E-state index is 0.367. The van der Waals surface area contributed by atoms with Gasteiger partial charge in [0.1, 0.15) is 0 Å². The van der Waals surface area contributed by atoms with Crippen LogP contribution in [0.2, 0.25) is 25.7 Å². The summed E-state index contributed by atoms with van der Waals surface area (Å²) in [4.78, 5) is 10.6. The Kier molecular flexibility index (Phi) is 3.95. The Bertz CT molecular complexity index is 153. The molecule has 2 atom stereocenters. The van der Waals surface area contributed by atoms with Crippen LogP contribution in [0.1, 0.15) is 26.2 Å². The third-order valence-corrected chi connectivity index (χ3v) is 3.98. The molecule has 3 heteroatoms. The average Bonchev–Trinajstić information content (AvgIpc) is 2.33. The third-order valence-electron chi connectivity index (χ3n) is 2.30. The van der Waals surface area contributed by atoms with Gasteiger partial charge in [-0.2, -0.15) is 0 Å².